The van der Waals surface area contributed by atoms with Crippen LogP contribution in [0.15, 0.2) is 36.8 Å². The molecule has 0 aliphatic rings. The van der Waals surface area contributed by atoms with Crippen molar-refractivity contribution in [2.75, 3.05) is 6.54 Å². The van der Waals surface area contributed by atoms with Gasteiger partial charge in [0, 0.05) is 17.0 Å². The van der Waals surface area contributed by atoms with Crippen LogP contribution < -0.4 is 9.95 Å². The molecule has 0 radical (unpaired) electrons. The molecule has 3 heterocycles. The molecular formula is C19H19N6O2+. The van der Waals surface area contributed by atoms with E-state index in [1.807, 2.05) is 54.3 Å². The molecule has 1 amide bonds. The fourth-order valence-electron chi connectivity index (χ4n) is 2.81. The van der Waals surface area contributed by atoms with Gasteiger partial charge in [-0.1, -0.05) is 22.4 Å². The van der Waals surface area contributed by atoms with Crippen molar-refractivity contribution in [3.8, 4) is 11.8 Å². The Labute approximate surface area is 155 Å². The number of aromatic nitrogens is 5. The average Bonchev–Trinajstić information content (AvgIpc) is 3.13. The maximum Gasteiger partial charge on any atom is 0.408 e. The predicted octanol–water partition coefficient (Wildman–Crippen LogP) is 1.83. The minimum Gasteiger partial charge on any atom is -0.444 e. The van der Waals surface area contributed by atoms with Crippen molar-refractivity contribution in [1.82, 2.24) is 24.9 Å². The van der Waals surface area contributed by atoms with E-state index in [-0.39, 0.29) is 6.54 Å². The van der Waals surface area contributed by atoms with E-state index in [2.05, 4.69) is 32.2 Å². The molecule has 27 heavy (non-hydrogen) atoms. The molecule has 8 heteroatoms. The first-order valence-corrected chi connectivity index (χ1v) is 8.53. The number of carbonyl (C=O) groups excluding carboxylic acids is 1. The molecule has 0 saturated carbocycles. The number of alkyl carbamates (subject to hydrolysis) is 1. The number of hydrogen-bond acceptors (Lipinski definition) is 4. The molecule has 0 unspecified atom stereocenters. The van der Waals surface area contributed by atoms with E-state index in [0.29, 0.717) is 5.65 Å². The van der Waals surface area contributed by atoms with Gasteiger partial charge >= 0.3 is 6.09 Å². The van der Waals surface area contributed by atoms with Gasteiger partial charge in [0.15, 0.2) is 0 Å². The standard InChI is InChI=1S/C19H18N6O2/c1-19(2,3)27-18(26)22-9-5-8-13-6-4-7-14-12-24-17-16(20-10-11-21-17)23-25(24)15(13)14/h4,6-7,10-12H,9H2,1-3H3,(H-,20,22,23,26)/p+1. The third-order valence-electron chi connectivity index (χ3n) is 3.81. The Morgan fingerprint density at radius 1 is 1.33 bits per heavy atom. The number of benzene rings is 1. The van der Waals surface area contributed by atoms with E-state index in [0.717, 1.165) is 22.1 Å². The lowest BCUT2D eigenvalue weighted by Gasteiger charge is -2.18. The number of ether oxygens (including phenoxy) is 1. The lowest BCUT2D eigenvalue weighted by Crippen LogP contribution is -2.32. The summed E-state index contributed by atoms with van der Waals surface area (Å²) in [7, 11) is 0. The van der Waals surface area contributed by atoms with Gasteiger partial charge in [-0.05, 0) is 32.9 Å². The van der Waals surface area contributed by atoms with Crippen LogP contribution in [0.25, 0.3) is 22.2 Å². The van der Waals surface area contributed by atoms with Crippen LogP contribution in [0.3, 0.4) is 0 Å². The zero-order valence-electron chi connectivity index (χ0n) is 15.3. The number of nitrogens with one attached hydrogen (secondary N) is 2. The summed E-state index contributed by atoms with van der Waals surface area (Å²) in [5, 5.41) is 6.88. The van der Waals surface area contributed by atoms with E-state index >= 15 is 0 Å². The monoisotopic (exact) mass is 363 g/mol. The predicted molar refractivity (Wildman–Crippen MR) is 99.1 cm³/mol. The first kappa shape index (κ1) is 16.8. The van der Waals surface area contributed by atoms with E-state index in [1.165, 1.54) is 0 Å². The first-order valence-electron chi connectivity index (χ1n) is 8.53. The Hall–Kier alpha value is -3.60. The highest BCUT2D eigenvalue weighted by Crippen LogP contribution is 2.16. The third kappa shape index (κ3) is 3.27. The fourth-order valence-corrected chi connectivity index (χ4v) is 2.81. The van der Waals surface area contributed by atoms with Crippen molar-refractivity contribution in [1.29, 1.82) is 0 Å². The minimum atomic E-state index is -0.532. The van der Waals surface area contributed by atoms with Gasteiger partial charge in [-0.15, -0.1) is 5.10 Å². The van der Waals surface area contributed by atoms with Crippen LogP contribution in [0, 0.1) is 11.8 Å². The Bertz CT molecular complexity index is 1220. The van der Waals surface area contributed by atoms with Crippen molar-refractivity contribution in [2.45, 2.75) is 26.4 Å². The van der Waals surface area contributed by atoms with Crippen molar-refractivity contribution in [2.24, 2.45) is 0 Å². The second kappa shape index (κ2) is 6.29. The maximum absolute atomic E-state index is 11.7. The molecule has 136 valence electrons. The lowest BCUT2D eigenvalue weighted by molar-refractivity contribution is -0.644. The van der Waals surface area contributed by atoms with Crippen LogP contribution in [0.4, 0.5) is 4.79 Å². The third-order valence-corrected chi connectivity index (χ3v) is 3.81. The number of amides is 1. The van der Waals surface area contributed by atoms with Gasteiger partial charge in [0.1, 0.15) is 11.2 Å². The van der Waals surface area contributed by atoms with Crippen molar-refractivity contribution >= 4 is 28.3 Å². The largest absolute Gasteiger partial charge is 0.444 e. The molecule has 0 atom stereocenters. The molecular weight excluding hydrogens is 344 g/mol. The van der Waals surface area contributed by atoms with Crippen LogP contribution >= 0.6 is 0 Å². The van der Waals surface area contributed by atoms with E-state index in [1.54, 1.807) is 12.4 Å². The zero-order valence-corrected chi connectivity index (χ0v) is 15.3. The number of aromatic amines is 1. The summed E-state index contributed by atoms with van der Waals surface area (Å²) in [6.07, 6.45) is 4.80. The molecule has 0 aliphatic heterocycles. The number of carbonyl (C=O) groups is 1. The van der Waals surface area contributed by atoms with Crippen LogP contribution in [-0.2, 0) is 4.74 Å². The van der Waals surface area contributed by atoms with Gasteiger partial charge in [-0.25, -0.2) is 14.8 Å². The topological polar surface area (TPSA) is 88.4 Å². The normalized spacial score (nSPS) is 11.5. The van der Waals surface area contributed by atoms with Crippen molar-refractivity contribution in [3.63, 3.8) is 0 Å². The number of hydrogen-bond donors (Lipinski definition) is 2. The van der Waals surface area contributed by atoms with Gasteiger partial charge in [-0.2, -0.15) is 0 Å². The molecule has 8 nitrogen and oxygen atoms in total. The molecule has 4 aromatic rings. The number of para-hydroxylation sites is 1. The second-order valence-electron chi connectivity index (χ2n) is 7.03. The minimum absolute atomic E-state index is 0.197. The molecule has 4 rings (SSSR count). The number of H-pyrrole nitrogens is 1. The second-order valence-corrected chi connectivity index (χ2v) is 7.03. The Morgan fingerprint density at radius 2 is 2.15 bits per heavy atom. The van der Waals surface area contributed by atoms with Crippen LogP contribution in [0.5, 0.6) is 0 Å². The van der Waals surface area contributed by atoms with E-state index < -0.39 is 11.7 Å². The Balaban J connectivity index is 1.65. The summed E-state index contributed by atoms with van der Waals surface area (Å²) in [4.78, 5) is 20.4. The molecule has 0 saturated heterocycles. The highest BCUT2D eigenvalue weighted by atomic mass is 16.6. The Kier molecular flexibility index (Phi) is 3.92. The summed E-state index contributed by atoms with van der Waals surface area (Å²) >= 11 is 0. The first-order chi connectivity index (χ1) is 12.9. The molecule has 0 bridgehead atoms. The lowest BCUT2D eigenvalue weighted by atomic mass is 10.1. The fraction of sp³-hybridized carbons (Fsp3) is 0.263. The zero-order chi connectivity index (χ0) is 19.0. The van der Waals surface area contributed by atoms with E-state index in [9.17, 15) is 4.79 Å². The van der Waals surface area contributed by atoms with Crippen molar-refractivity contribution in [3.05, 3.63) is 42.4 Å². The molecule has 0 aliphatic carbocycles. The quantitative estimate of drug-likeness (QED) is 0.399. The highest BCUT2D eigenvalue weighted by Gasteiger charge is 2.21. The molecule has 0 spiro atoms. The van der Waals surface area contributed by atoms with Crippen LogP contribution in [-0.4, -0.2) is 37.8 Å². The smallest absolute Gasteiger partial charge is 0.408 e. The molecule has 1 aromatic carbocycles. The van der Waals surface area contributed by atoms with E-state index in [4.69, 9.17) is 4.74 Å². The summed E-state index contributed by atoms with van der Waals surface area (Å²) in [6.45, 7) is 5.65. The molecule has 2 N–H and O–H groups in total. The van der Waals surface area contributed by atoms with Gasteiger partial charge in [0.25, 0.3) is 5.52 Å². The number of nitrogens with zero attached hydrogens (tertiary/aromatic N) is 4. The van der Waals surface area contributed by atoms with Gasteiger partial charge < -0.3 is 10.1 Å². The van der Waals surface area contributed by atoms with Gasteiger partial charge in [-0.3, -0.25) is 0 Å². The van der Waals surface area contributed by atoms with Gasteiger partial charge in [0.2, 0.25) is 11.3 Å². The van der Waals surface area contributed by atoms with Crippen LogP contribution in [0.2, 0.25) is 0 Å². The van der Waals surface area contributed by atoms with Gasteiger partial charge in [0.05, 0.1) is 18.1 Å². The average molecular weight is 363 g/mol. The Morgan fingerprint density at radius 3 is 2.96 bits per heavy atom. The molecule has 0 fully saturated rings. The SMILES string of the molecule is CC(C)(C)OC(=O)NCC#Cc1cccc2cn3c4nccnc4[nH][n+]3c12. The summed E-state index contributed by atoms with van der Waals surface area (Å²) in [5.74, 6) is 6.08. The highest BCUT2D eigenvalue weighted by molar-refractivity contribution is 5.82. The summed E-state index contributed by atoms with van der Waals surface area (Å²) in [5.41, 5.74) is 2.64. The number of fused-ring (bicyclic) bond motifs is 5. The summed E-state index contributed by atoms with van der Waals surface area (Å²) < 4.78 is 8.96. The van der Waals surface area contributed by atoms with Crippen LogP contribution in [0.1, 0.15) is 26.3 Å². The summed E-state index contributed by atoms with van der Waals surface area (Å²) in [6, 6.07) is 5.89. The maximum atomic E-state index is 11.7. The number of rotatable bonds is 1. The van der Waals surface area contributed by atoms with Crippen molar-refractivity contribution < 1.29 is 14.2 Å². The molecule has 3 aromatic heterocycles.